The molecule has 0 N–H and O–H groups in total. The van der Waals surface area contributed by atoms with Gasteiger partial charge in [0.25, 0.3) is 0 Å². The van der Waals surface area contributed by atoms with Gasteiger partial charge in [-0.3, -0.25) is 3.97 Å². The van der Waals surface area contributed by atoms with Crippen molar-refractivity contribution in [2.45, 2.75) is 0 Å². The molecule has 0 aliphatic heterocycles. The van der Waals surface area contributed by atoms with Gasteiger partial charge >= 0.3 is 0 Å². The summed E-state index contributed by atoms with van der Waals surface area (Å²) in [6.45, 7) is 0. The summed E-state index contributed by atoms with van der Waals surface area (Å²) >= 11 is -0.0309. The van der Waals surface area contributed by atoms with Crippen LogP contribution in [-0.4, -0.2) is 13.2 Å². The highest BCUT2D eigenvalue weighted by Gasteiger charge is 1.76. The molecule has 1 heterocycles. The standard InChI is InChI=1S/C3H4N2OS/c6-7-5-2-1-4-3-5/h1-3,7H. The van der Waals surface area contributed by atoms with Crippen LogP contribution in [0.4, 0.5) is 0 Å². The summed E-state index contributed by atoms with van der Waals surface area (Å²) in [6, 6.07) is 0. The molecule has 0 atom stereocenters. The Morgan fingerprint density at radius 3 is 2.86 bits per heavy atom. The van der Waals surface area contributed by atoms with Crippen molar-refractivity contribution in [2.24, 2.45) is 0 Å². The minimum atomic E-state index is -0.0309. The van der Waals surface area contributed by atoms with Gasteiger partial charge < -0.3 is 0 Å². The van der Waals surface area contributed by atoms with Crippen molar-refractivity contribution in [1.29, 1.82) is 0 Å². The second-order valence-corrected chi connectivity index (χ2v) is 1.65. The quantitative estimate of drug-likeness (QED) is 0.506. The van der Waals surface area contributed by atoms with E-state index in [4.69, 9.17) is 0 Å². The van der Waals surface area contributed by atoms with Gasteiger partial charge in [0.05, 0.1) is 0 Å². The van der Waals surface area contributed by atoms with Crippen LogP contribution in [0.1, 0.15) is 0 Å². The van der Waals surface area contributed by atoms with Crippen LogP contribution in [0.3, 0.4) is 0 Å². The Hall–Kier alpha value is -0.640. The van der Waals surface area contributed by atoms with Crippen molar-refractivity contribution < 1.29 is 4.21 Å². The molecule has 0 bridgehead atoms. The first kappa shape index (κ1) is 4.52. The zero-order chi connectivity index (χ0) is 5.11. The largest absolute Gasteiger partial charge is 0.258 e. The topological polar surface area (TPSA) is 34.9 Å². The molecule has 7 heavy (non-hydrogen) atoms. The Morgan fingerprint density at radius 2 is 2.57 bits per heavy atom. The molecule has 38 valence electrons. The second kappa shape index (κ2) is 1.88. The molecule has 0 aliphatic rings. The zero-order valence-electron chi connectivity index (χ0n) is 3.48. The van der Waals surface area contributed by atoms with Crippen LogP contribution < -0.4 is 0 Å². The molecular weight excluding hydrogens is 112 g/mol. The first-order valence-electron chi connectivity index (χ1n) is 1.75. The predicted molar refractivity (Wildman–Crippen MR) is 27.2 cm³/mol. The molecular formula is C3H4N2OS. The molecule has 0 aliphatic carbocycles. The van der Waals surface area contributed by atoms with Crippen LogP contribution in [0.2, 0.25) is 0 Å². The van der Waals surface area contributed by atoms with E-state index < -0.39 is 0 Å². The average molecular weight is 116 g/mol. The highest BCUT2D eigenvalue weighted by molar-refractivity contribution is 7.63. The first-order chi connectivity index (χ1) is 3.43. The lowest BCUT2D eigenvalue weighted by molar-refractivity contribution is 0.689. The smallest absolute Gasteiger partial charge is 0.111 e. The van der Waals surface area contributed by atoms with Gasteiger partial charge in [0, 0.05) is 12.4 Å². The van der Waals surface area contributed by atoms with Crippen LogP contribution >= 0.6 is 0 Å². The van der Waals surface area contributed by atoms with E-state index in [-0.39, 0.29) is 11.9 Å². The van der Waals surface area contributed by atoms with Crippen molar-refractivity contribution in [3.8, 4) is 0 Å². The van der Waals surface area contributed by atoms with E-state index in [1.54, 1.807) is 12.4 Å². The number of hydrogen-bond donors (Lipinski definition) is 1. The summed E-state index contributed by atoms with van der Waals surface area (Å²) in [4.78, 5) is 3.65. The summed E-state index contributed by atoms with van der Waals surface area (Å²) in [7, 11) is 0. The van der Waals surface area contributed by atoms with Crippen LogP contribution in [0, 0.1) is 0 Å². The Bertz CT molecular complexity index is 148. The molecule has 0 saturated carbocycles. The monoisotopic (exact) mass is 116 g/mol. The van der Waals surface area contributed by atoms with E-state index >= 15 is 0 Å². The Kier molecular flexibility index (Phi) is 1.21. The maximum absolute atomic E-state index is 9.89. The normalized spacial score (nSPS) is 9.14. The van der Waals surface area contributed by atoms with Gasteiger partial charge in [0.15, 0.2) is 0 Å². The van der Waals surface area contributed by atoms with Gasteiger partial charge in [-0.05, 0) is 0 Å². The fraction of sp³-hybridized carbons (Fsp3) is 0. The summed E-state index contributed by atoms with van der Waals surface area (Å²) in [5.74, 6) is 0. The second-order valence-electron chi connectivity index (χ2n) is 1.02. The fourth-order valence-electron chi connectivity index (χ4n) is 0.300. The first-order valence-corrected chi connectivity index (χ1v) is 2.51. The van der Waals surface area contributed by atoms with Crippen molar-refractivity contribution in [3.63, 3.8) is 0 Å². The lowest BCUT2D eigenvalue weighted by Crippen LogP contribution is -1.80. The van der Waals surface area contributed by atoms with E-state index in [1.165, 1.54) is 10.3 Å². The highest BCUT2D eigenvalue weighted by atomic mass is 32.2. The number of nitrogens with zero attached hydrogens (tertiary/aromatic N) is 2. The molecule has 1 aromatic heterocycles. The van der Waals surface area contributed by atoms with Crippen molar-refractivity contribution in [1.82, 2.24) is 8.96 Å². The summed E-state index contributed by atoms with van der Waals surface area (Å²) < 4.78 is 11.3. The molecule has 3 nitrogen and oxygen atoms in total. The number of rotatable bonds is 1. The molecule has 1 aromatic rings. The lowest BCUT2D eigenvalue weighted by atomic mass is 11.0. The summed E-state index contributed by atoms with van der Waals surface area (Å²) in [6.07, 6.45) is 4.67. The van der Waals surface area contributed by atoms with Gasteiger partial charge in [-0.15, -0.1) is 0 Å². The van der Waals surface area contributed by atoms with Crippen molar-refractivity contribution >= 4 is 11.9 Å². The van der Waals surface area contributed by atoms with E-state index in [9.17, 15) is 4.21 Å². The summed E-state index contributed by atoms with van der Waals surface area (Å²) in [5.41, 5.74) is 0. The van der Waals surface area contributed by atoms with Crippen LogP contribution in [0.15, 0.2) is 18.7 Å². The van der Waals surface area contributed by atoms with Gasteiger partial charge in [0.2, 0.25) is 0 Å². The number of aromatic nitrogens is 2. The molecule has 0 unspecified atom stereocenters. The zero-order valence-corrected chi connectivity index (χ0v) is 4.38. The minimum absolute atomic E-state index is 0.0309. The molecule has 0 saturated heterocycles. The molecule has 0 spiro atoms. The van der Waals surface area contributed by atoms with Gasteiger partial charge in [-0.1, -0.05) is 0 Å². The van der Waals surface area contributed by atoms with Crippen LogP contribution in [-0.2, 0) is 11.9 Å². The van der Waals surface area contributed by atoms with Crippen molar-refractivity contribution in [2.75, 3.05) is 0 Å². The van der Waals surface area contributed by atoms with Crippen LogP contribution in [0.25, 0.3) is 0 Å². The highest BCUT2D eigenvalue weighted by Crippen LogP contribution is 1.76. The maximum atomic E-state index is 9.89. The molecule has 0 fully saturated rings. The Morgan fingerprint density at radius 1 is 1.71 bits per heavy atom. The Balaban J connectivity index is 2.96. The maximum Gasteiger partial charge on any atom is 0.111 e. The molecule has 0 radical (unpaired) electrons. The van der Waals surface area contributed by atoms with Gasteiger partial charge in [0.1, 0.15) is 18.2 Å². The minimum Gasteiger partial charge on any atom is -0.258 e. The number of hydrogen-bond acceptors (Lipinski definition) is 2. The molecule has 1 rings (SSSR count). The third-order valence-electron chi connectivity index (χ3n) is 0.585. The SMILES string of the molecule is O=[SH]n1ccnc1. The Labute approximate surface area is 44.6 Å². The average Bonchev–Trinajstić information content (AvgIpc) is 2.14. The third-order valence-corrected chi connectivity index (χ3v) is 1.01. The van der Waals surface area contributed by atoms with E-state index in [1.807, 2.05) is 0 Å². The third kappa shape index (κ3) is 0.866. The molecule has 0 aromatic carbocycles. The lowest BCUT2D eigenvalue weighted by Gasteiger charge is -1.76. The summed E-state index contributed by atoms with van der Waals surface area (Å²) in [5, 5.41) is 0. The fourth-order valence-corrected chi connectivity index (χ4v) is 0.516. The van der Waals surface area contributed by atoms with E-state index in [0.29, 0.717) is 0 Å². The van der Waals surface area contributed by atoms with Gasteiger partial charge in [-0.25, -0.2) is 9.19 Å². The van der Waals surface area contributed by atoms with E-state index in [0.717, 1.165) is 0 Å². The van der Waals surface area contributed by atoms with Gasteiger partial charge in [-0.2, -0.15) is 0 Å². The number of imidazole rings is 1. The molecule has 0 amide bonds. The van der Waals surface area contributed by atoms with Crippen LogP contribution in [0.5, 0.6) is 0 Å². The number of thiol groups is 1. The van der Waals surface area contributed by atoms with Crippen molar-refractivity contribution in [3.05, 3.63) is 18.7 Å². The van der Waals surface area contributed by atoms with E-state index in [2.05, 4.69) is 4.98 Å². The predicted octanol–water partition coefficient (Wildman–Crippen LogP) is -0.408. The molecule has 4 heteroatoms.